The van der Waals surface area contributed by atoms with Crippen LogP contribution in [0.3, 0.4) is 0 Å². The van der Waals surface area contributed by atoms with Gasteiger partial charge in [0.25, 0.3) is 0 Å². The highest BCUT2D eigenvalue weighted by molar-refractivity contribution is 8.76. The zero-order chi connectivity index (χ0) is 18.5. The molecule has 136 valence electrons. The van der Waals surface area contributed by atoms with Gasteiger partial charge in [0.1, 0.15) is 0 Å². The van der Waals surface area contributed by atoms with Crippen molar-refractivity contribution >= 4 is 51.2 Å². The van der Waals surface area contributed by atoms with E-state index in [9.17, 15) is 19.2 Å². The van der Waals surface area contributed by atoms with Crippen LogP contribution in [0, 0.1) is 0 Å². The Labute approximate surface area is 153 Å². The molecule has 0 heterocycles. The molecule has 25 heavy (non-hydrogen) atoms. The van der Waals surface area contributed by atoms with Gasteiger partial charge in [-0.2, -0.15) is 0 Å². The molecular formula is C15H20N4O4S2. The lowest BCUT2D eigenvalue weighted by Gasteiger charge is -2.07. The van der Waals surface area contributed by atoms with E-state index in [1.165, 1.54) is 21.6 Å². The van der Waals surface area contributed by atoms with Gasteiger partial charge < -0.3 is 10.6 Å². The molecular weight excluding hydrogens is 364 g/mol. The van der Waals surface area contributed by atoms with E-state index in [1.807, 2.05) is 6.07 Å². The van der Waals surface area contributed by atoms with Gasteiger partial charge in [-0.1, -0.05) is 46.7 Å². The Morgan fingerprint density at radius 2 is 1.60 bits per heavy atom. The molecule has 0 bridgehead atoms. The Morgan fingerprint density at radius 1 is 0.920 bits per heavy atom. The van der Waals surface area contributed by atoms with Crippen molar-refractivity contribution in [3.63, 3.8) is 0 Å². The number of amides is 6. The molecule has 8 nitrogen and oxygen atoms in total. The largest absolute Gasteiger partial charge is 0.337 e. The molecule has 1 aromatic rings. The maximum atomic E-state index is 11.6. The smallest absolute Gasteiger partial charge is 0.325 e. The molecule has 0 fully saturated rings. The number of rotatable bonds is 8. The molecule has 6 amide bonds. The number of hydrogen-bond donors (Lipinski definition) is 4. The third-order valence-corrected chi connectivity index (χ3v) is 4.87. The van der Waals surface area contributed by atoms with Crippen LogP contribution in [0.5, 0.6) is 0 Å². The van der Waals surface area contributed by atoms with E-state index in [0.717, 1.165) is 0 Å². The zero-order valence-corrected chi connectivity index (χ0v) is 15.3. The van der Waals surface area contributed by atoms with E-state index in [1.54, 1.807) is 31.2 Å². The first-order valence-electron chi connectivity index (χ1n) is 7.49. The van der Waals surface area contributed by atoms with Crippen molar-refractivity contribution in [1.82, 2.24) is 16.0 Å². The molecule has 1 aromatic carbocycles. The minimum Gasteiger partial charge on any atom is -0.337 e. The van der Waals surface area contributed by atoms with E-state index >= 15 is 0 Å². The van der Waals surface area contributed by atoms with Gasteiger partial charge in [0.15, 0.2) is 0 Å². The number of nitrogens with one attached hydrogen (secondary N) is 4. The number of anilines is 1. The number of para-hydroxylation sites is 1. The van der Waals surface area contributed by atoms with Crippen molar-refractivity contribution in [1.29, 1.82) is 0 Å². The Balaban J connectivity index is 2.06. The van der Waals surface area contributed by atoms with Gasteiger partial charge in [0.2, 0.25) is 11.8 Å². The van der Waals surface area contributed by atoms with Crippen molar-refractivity contribution in [3.05, 3.63) is 30.3 Å². The Bertz CT molecular complexity index is 598. The highest BCUT2D eigenvalue weighted by Gasteiger charge is 2.08. The molecule has 0 aromatic heterocycles. The fourth-order valence-corrected chi connectivity index (χ4v) is 3.21. The fourth-order valence-electron chi connectivity index (χ4n) is 1.47. The minimum atomic E-state index is -0.583. The molecule has 0 aliphatic rings. The fraction of sp³-hybridized carbons (Fsp3) is 0.333. The first-order valence-corrected chi connectivity index (χ1v) is 9.98. The second kappa shape index (κ2) is 12.2. The van der Waals surface area contributed by atoms with Crippen LogP contribution in [0.25, 0.3) is 0 Å². The highest BCUT2D eigenvalue weighted by Crippen LogP contribution is 2.19. The van der Waals surface area contributed by atoms with E-state index in [4.69, 9.17) is 0 Å². The summed E-state index contributed by atoms with van der Waals surface area (Å²) in [5.74, 6) is -0.0925. The molecule has 0 atom stereocenters. The lowest BCUT2D eigenvalue weighted by Crippen LogP contribution is -2.39. The molecule has 0 unspecified atom stereocenters. The summed E-state index contributed by atoms with van der Waals surface area (Å²) in [4.78, 5) is 45.5. The molecule has 4 N–H and O–H groups in total. The van der Waals surface area contributed by atoms with Crippen LogP contribution in [-0.2, 0) is 9.59 Å². The Kier molecular flexibility index (Phi) is 10.2. The topological polar surface area (TPSA) is 116 Å². The standard InChI is InChI=1S/C15H20N4O4S2/c1-2-12(20)18-14(22)16-8-9-24-25-10-13(21)19-15(23)17-11-6-4-3-5-7-11/h3-7H,2,8-10H2,1H3,(H2,16,18,20,22)(H2,17,19,21,23). The van der Waals surface area contributed by atoms with Crippen LogP contribution in [0.2, 0.25) is 0 Å². The summed E-state index contributed by atoms with van der Waals surface area (Å²) in [6.45, 7) is 2.01. The van der Waals surface area contributed by atoms with Gasteiger partial charge in [0, 0.05) is 24.4 Å². The predicted molar refractivity (Wildman–Crippen MR) is 100 cm³/mol. The number of carbonyl (C=O) groups is 4. The van der Waals surface area contributed by atoms with Crippen LogP contribution in [0.4, 0.5) is 15.3 Å². The quantitative estimate of drug-likeness (QED) is 0.402. The van der Waals surface area contributed by atoms with Gasteiger partial charge in [-0.25, -0.2) is 9.59 Å². The number of hydrogen-bond acceptors (Lipinski definition) is 6. The van der Waals surface area contributed by atoms with Gasteiger partial charge in [-0.3, -0.25) is 20.2 Å². The van der Waals surface area contributed by atoms with Crippen LogP contribution in [0.1, 0.15) is 13.3 Å². The SMILES string of the molecule is CCC(=O)NC(=O)NCCSSCC(=O)NC(=O)Nc1ccccc1. The molecule has 0 saturated carbocycles. The minimum absolute atomic E-state index is 0.105. The summed E-state index contributed by atoms with van der Waals surface area (Å²) in [5.41, 5.74) is 0.598. The van der Waals surface area contributed by atoms with E-state index in [0.29, 0.717) is 18.0 Å². The number of imide groups is 2. The van der Waals surface area contributed by atoms with Gasteiger partial charge in [-0.15, -0.1) is 0 Å². The van der Waals surface area contributed by atoms with Crippen LogP contribution < -0.4 is 21.3 Å². The Morgan fingerprint density at radius 3 is 2.28 bits per heavy atom. The first-order chi connectivity index (χ1) is 12.0. The van der Waals surface area contributed by atoms with Crippen molar-refractivity contribution in [2.75, 3.05) is 23.4 Å². The maximum absolute atomic E-state index is 11.6. The van der Waals surface area contributed by atoms with Crippen molar-refractivity contribution < 1.29 is 19.2 Å². The molecule has 0 aliphatic carbocycles. The van der Waals surface area contributed by atoms with Crippen LogP contribution >= 0.6 is 21.6 Å². The number of benzene rings is 1. The molecule has 0 aliphatic heterocycles. The van der Waals surface area contributed by atoms with Gasteiger partial charge in [0.05, 0.1) is 5.75 Å². The second-order valence-electron chi connectivity index (χ2n) is 4.61. The molecule has 0 spiro atoms. The average Bonchev–Trinajstić information content (AvgIpc) is 2.58. The molecule has 10 heteroatoms. The summed E-state index contributed by atoms with van der Waals surface area (Å²) >= 11 is 0. The monoisotopic (exact) mass is 384 g/mol. The third-order valence-electron chi connectivity index (χ3n) is 2.60. The van der Waals surface area contributed by atoms with Crippen LogP contribution in [-0.4, -0.2) is 41.9 Å². The van der Waals surface area contributed by atoms with Gasteiger partial charge in [-0.05, 0) is 12.1 Å². The Hall–Kier alpha value is -2.20. The van der Waals surface area contributed by atoms with Crippen LogP contribution in [0.15, 0.2) is 30.3 Å². The summed E-state index contributed by atoms with van der Waals surface area (Å²) < 4.78 is 0. The van der Waals surface area contributed by atoms with E-state index in [2.05, 4.69) is 21.3 Å². The average molecular weight is 384 g/mol. The van der Waals surface area contributed by atoms with E-state index in [-0.39, 0.29) is 18.1 Å². The molecule has 0 radical (unpaired) electrons. The summed E-state index contributed by atoms with van der Waals surface area (Å²) in [6.07, 6.45) is 0.241. The number of carbonyl (C=O) groups excluding carboxylic acids is 4. The van der Waals surface area contributed by atoms with Gasteiger partial charge >= 0.3 is 12.1 Å². The second-order valence-corrected chi connectivity index (χ2v) is 7.19. The first kappa shape index (κ1) is 20.8. The maximum Gasteiger partial charge on any atom is 0.325 e. The lowest BCUT2D eigenvalue weighted by atomic mass is 10.3. The molecule has 1 rings (SSSR count). The van der Waals surface area contributed by atoms with Crippen molar-refractivity contribution in [2.24, 2.45) is 0 Å². The third kappa shape index (κ3) is 10.3. The van der Waals surface area contributed by atoms with Crippen molar-refractivity contribution in [3.8, 4) is 0 Å². The summed E-state index contributed by atoms with van der Waals surface area (Å²) in [7, 11) is 2.64. The summed E-state index contributed by atoms with van der Waals surface area (Å²) in [6, 6.07) is 7.68. The number of urea groups is 2. The van der Waals surface area contributed by atoms with Crippen molar-refractivity contribution in [2.45, 2.75) is 13.3 Å². The predicted octanol–water partition coefficient (Wildman–Crippen LogP) is 1.95. The lowest BCUT2D eigenvalue weighted by molar-refractivity contribution is -0.120. The normalized spacial score (nSPS) is 9.80. The van der Waals surface area contributed by atoms with E-state index < -0.39 is 18.0 Å². The highest BCUT2D eigenvalue weighted by atomic mass is 33.1. The summed E-state index contributed by atoms with van der Waals surface area (Å²) in [5, 5.41) is 9.47. The zero-order valence-electron chi connectivity index (χ0n) is 13.7. The molecule has 0 saturated heterocycles.